The molecular weight excluding hydrogens is 274 g/mol. The Balaban J connectivity index is 2.58. The van der Waals surface area contributed by atoms with Gasteiger partial charge in [0.15, 0.2) is 0 Å². The second-order valence-corrected chi connectivity index (χ2v) is 6.03. The van der Waals surface area contributed by atoms with Crippen molar-refractivity contribution in [2.24, 2.45) is 5.92 Å². The minimum Gasteiger partial charge on any atom is -0.314 e. The van der Waals surface area contributed by atoms with Crippen LogP contribution in [0.2, 0.25) is 0 Å². The first-order chi connectivity index (χ1) is 8.11. The summed E-state index contributed by atoms with van der Waals surface area (Å²) in [6, 6.07) is 9.24. The standard InChI is InChI=1S/C15H24BrN/c1-4-8-17-15(9-12(2)3)11-13-6-5-7-14(16)10-13/h5-7,10,12,15,17H,4,8-9,11H2,1-3H3. The number of halogens is 1. The largest absolute Gasteiger partial charge is 0.314 e. The van der Waals surface area contributed by atoms with Crippen molar-refractivity contribution < 1.29 is 0 Å². The molecule has 1 unspecified atom stereocenters. The van der Waals surface area contributed by atoms with Gasteiger partial charge in [0.1, 0.15) is 0 Å². The molecule has 0 aliphatic heterocycles. The Labute approximate surface area is 114 Å². The van der Waals surface area contributed by atoms with E-state index < -0.39 is 0 Å². The van der Waals surface area contributed by atoms with Crippen LogP contribution in [0.4, 0.5) is 0 Å². The summed E-state index contributed by atoms with van der Waals surface area (Å²) >= 11 is 3.54. The number of hydrogen-bond donors (Lipinski definition) is 1. The molecule has 17 heavy (non-hydrogen) atoms. The molecule has 0 bridgehead atoms. The van der Waals surface area contributed by atoms with Crippen molar-refractivity contribution in [3.8, 4) is 0 Å². The van der Waals surface area contributed by atoms with Crippen LogP contribution in [0, 0.1) is 5.92 Å². The van der Waals surface area contributed by atoms with Crippen molar-refractivity contribution in [2.75, 3.05) is 6.54 Å². The molecule has 0 spiro atoms. The number of benzene rings is 1. The average molecular weight is 298 g/mol. The summed E-state index contributed by atoms with van der Waals surface area (Å²) in [6.07, 6.45) is 3.57. The van der Waals surface area contributed by atoms with Gasteiger partial charge >= 0.3 is 0 Å². The lowest BCUT2D eigenvalue weighted by Gasteiger charge is -2.20. The van der Waals surface area contributed by atoms with Crippen molar-refractivity contribution in [3.05, 3.63) is 34.3 Å². The van der Waals surface area contributed by atoms with Gasteiger partial charge in [-0.15, -0.1) is 0 Å². The van der Waals surface area contributed by atoms with Gasteiger partial charge in [0.05, 0.1) is 0 Å². The van der Waals surface area contributed by atoms with Crippen LogP contribution in [0.15, 0.2) is 28.7 Å². The van der Waals surface area contributed by atoms with E-state index in [0.717, 1.165) is 18.9 Å². The summed E-state index contributed by atoms with van der Waals surface area (Å²) in [6.45, 7) is 7.92. The maximum absolute atomic E-state index is 3.65. The van der Waals surface area contributed by atoms with Gasteiger partial charge in [0.2, 0.25) is 0 Å². The van der Waals surface area contributed by atoms with E-state index in [4.69, 9.17) is 0 Å². The molecular formula is C15H24BrN. The van der Waals surface area contributed by atoms with Gasteiger partial charge in [0.25, 0.3) is 0 Å². The van der Waals surface area contributed by atoms with E-state index in [2.05, 4.69) is 66.3 Å². The zero-order valence-corrected chi connectivity index (χ0v) is 12.8. The number of rotatable bonds is 7. The van der Waals surface area contributed by atoms with Crippen LogP contribution >= 0.6 is 15.9 Å². The minimum absolute atomic E-state index is 0.601. The average Bonchev–Trinajstić information content (AvgIpc) is 2.25. The van der Waals surface area contributed by atoms with Gasteiger partial charge in [-0.05, 0) is 49.4 Å². The number of hydrogen-bond acceptors (Lipinski definition) is 1. The molecule has 1 N–H and O–H groups in total. The molecule has 96 valence electrons. The van der Waals surface area contributed by atoms with E-state index in [-0.39, 0.29) is 0 Å². The highest BCUT2D eigenvalue weighted by Crippen LogP contribution is 2.15. The molecule has 0 saturated heterocycles. The molecule has 1 aromatic rings. The van der Waals surface area contributed by atoms with Crippen LogP contribution in [0.1, 0.15) is 39.2 Å². The van der Waals surface area contributed by atoms with Crippen LogP contribution in [0.25, 0.3) is 0 Å². The summed E-state index contributed by atoms with van der Waals surface area (Å²) in [5.74, 6) is 0.747. The highest BCUT2D eigenvalue weighted by atomic mass is 79.9. The first-order valence-electron chi connectivity index (χ1n) is 6.59. The predicted molar refractivity (Wildman–Crippen MR) is 79.4 cm³/mol. The van der Waals surface area contributed by atoms with Gasteiger partial charge in [-0.3, -0.25) is 0 Å². The Morgan fingerprint density at radius 1 is 1.29 bits per heavy atom. The molecule has 0 radical (unpaired) electrons. The molecule has 0 aliphatic carbocycles. The summed E-state index contributed by atoms with van der Waals surface area (Å²) in [5, 5.41) is 3.65. The fraction of sp³-hybridized carbons (Fsp3) is 0.600. The van der Waals surface area contributed by atoms with Gasteiger partial charge in [0, 0.05) is 10.5 Å². The highest BCUT2D eigenvalue weighted by molar-refractivity contribution is 9.10. The van der Waals surface area contributed by atoms with E-state index in [1.54, 1.807) is 0 Å². The van der Waals surface area contributed by atoms with E-state index in [9.17, 15) is 0 Å². The van der Waals surface area contributed by atoms with Gasteiger partial charge in [-0.25, -0.2) is 0 Å². The third-order valence-corrected chi connectivity index (χ3v) is 3.30. The molecule has 0 fully saturated rings. The van der Waals surface area contributed by atoms with Crippen LogP contribution in [0.5, 0.6) is 0 Å². The SMILES string of the molecule is CCCNC(Cc1cccc(Br)c1)CC(C)C. The molecule has 1 nitrogen and oxygen atoms in total. The quantitative estimate of drug-likeness (QED) is 0.786. The zero-order valence-electron chi connectivity index (χ0n) is 11.2. The van der Waals surface area contributed by atoms with Crippen molar-refractivity contribution in [1.82, 2.24) is 5.32 Å². The van der Waals surface area contributed by atoms with Gasteiger partial charge < -0.3 is 5.32 Å². The lowest BCUT2D eigenvalue weighted by molar-refractivity contribution is 0.416. The first kappa shape index (κ1) is 14.7. The van der Waals surface area contributed by atoms with Gasteiger partial charge in [-0.1, -0.05) is 48.8 Å². The molecule has 0 heterocycles. The molecule has 0 saturated carbocycles. The topological polar surface area (TPSA) is 12.0 Å². The molecule has 0 amide bonds. The summed E-state index contributed by atoms with van der Waals surface area (Å²) in [7, 11) is 0. The van der Waals surface area contributed by atoms with E-state index in [1.807, 2.05) is 0 Å². The predicted octanol–water partition coefficient (Wildman–Crippen LogP) is 4.41. The maximum atomic E-state index is 3.65. The minimum atomic E-state index is 0.601. The van der Waals surface area contributed by atoms with Crippen molar-refractivity contribution in [3.63, 3.8) is 0 Å². The van der Waals surface area contributed by atoms with E-state index in [0.29, 0.717) is 6.04 Å². The lowest BCUT2D eigenvalue weighted by atomic mass is 9.97. The normalized spacial score (nSPS) is 13.0. The van der Waals surface area contributed by atoms with E-state index in [1.165, 1.54) is 22.9 Å². The monoisotopic (exact) mass is 297 g/mol. The van der Waals surface area contributed by atoms with Crippen LogP contribution in [-0.2, 0) is 6.42 Å². The molecule has 1 rings (SSSR count). The Kier molecular flexibility index (Phi) is 6.83. The van der Waals surface area contributed by atoms with Crippen molar-refractivity contribution in [2.45, 2.75) is 46.1 Å². The highest BCUT2D eigenvalue weighted by Gasteiger charge is 2.10. The Bertz CT molecular complexity index is 322. The van der Waals surface area contributed by atoms with Gasteiger partial charge in [-0.2, -0.15) is 0 Å². The lowest BCUT2D eigenvalue weighted by Crippen LogP contribution is -2.33. The summed E-state index contributed by atoms with van der Waals surface area (Å²) in [5.41, 5.74) is 1.41. The molecule has 1 atom stereocenters. The fourth-order valence-corrected chi connectivity index (χ4v) is 2.55. The van der Waals surface area contributed by atoms with Crippen LogP contribution in [-0.4, -0.2) is 12.6 Å². The first-order valence-corrected chi connectivity index (χ1v) is 7.39. The molecule has 0 aromatic heterocycles. The zero-order chi connectivity index (χ0) is 12.7. The van der Waals surface area contributed by atoms with Crippen molar-refractivity contribution >= 4 is 15.9 Å². The smallest absolute Gasteiger partial charge is 0.0178 e. The fourth-order valence-electron chi connectivity index (χ4n) is 2.10. The molecule has 2 heteroatoms. The molecule has 1 aromatic carbocycles. The summed E-state index contributed by atoms with van der Waals surface area (Å²) in [4.78, 5) is 0. The summed E-state index contributed by atoms with van der Waals surface area (Å²) < 4.78 is 1.17. The molecule has 0 aliphatic rings. The maximum Gasteiger partial charge on any atom is 0.0178 e. The second-order valence-electron chi connectivity index (χ2n) is 5.11. The third-order valence-electron chi connectivity index (χ3n) is 2.81. The van der Waals surface area contributed by atoms with E-state index >= 15 is 0 Å². The van der Waals surface area contributed by atoms with Crippen LogP contribution < -0.4 is 5.32 Å². The van der Waals surface area contributed by atoms with Crippen LogP contribution in [0.3, 0.4) is 0 Å². The Hall–Kier alpha value is -0.340. The Morgan fingerprint density at radius 2 is 2.06 bits per heavy atom. The third kappa shape index (κ3) is 6.23. The van der Waals surface area contributed by atoms with Crippen molar-refractivity contribution in [1.29, 1.82) is 0 Å². The Morgan fingerprint density at radius 3 is 2.65 bits per heavy atom. The number of nitrogens with one attached hydrogen (secondary N) is 1. The second kappa shape index (κ2) is 7.88.